The first-order chi connectivity index (χ1) is 16.7. The van der Waals surface area contributed by atoms with Gasteiger partial charge in [0.2, 0.25) is 0 Å². The Labute approximate surface area is 200 Å². The molecule has 3 aromatic rings. The number of hydrogen-bond donors (Lipinski definition) is 1. The highest BCUT2D eigenvalue weighted by Crippen LogP contribution is 2.37. The summed E-state index contributed by atoms with van der Waals surface area (Å²) in [6.07, 6.45) is 0.360. The topological polar surface area (TPSA) is 95.8 Å². The first kappa shape index (κ1) is 26.0. The van der Waals surface area contributed by atoms with Crippen LogP contribution < -0.4 is 14.8 Å². The van der Waals surface area contributed by atoms with E-state index in [9.17, 15) is 23.3 Å². The van der Waals surface area contributed by atoms with Gasteiger partial charge in [0, 0.05) is 36.8 Å². The number of nitrogens with one attached hydrogen (secondary N) is 1. The number of benzene rings is 2. The Bertz CT molecular complexity index is 1160. The zero-order valence-electron chi connectivity index (χ0n) is 19.4. The smallest absolute Gasteiger partial charge is 0.416 e. The summed E-state index contributed by atoms with van der Waals surface area (Å²) in [6, 6.07) is 7.93. The molecule has 0 bridgehead atoms. The normalized spacial score (nSPS) is 13.5. The maximum atomic E-state index is 13.1. The van der Waals surface area contributed by atoms with Crippen LogP contribution in [-0.4, -0.2) is 37.3 Å². The molecule has 1 fully saturated rings. The molecule has 0 unspecified atom stereocenters. The van der Waals surface area contributed by atoms with Crippen LogP contribution in [-0.2, 0) is 17.5 Å². The Balaban J connectivity index is 0.000000497. The van der Waals surface area contributed by atoms with Gasteiger partial charge in [0.05, 0.1) is 30.2 Å². The fraction of sp³-hybridized carbons (Fsp3) is 0.375. The highest BCUT2D eigenvalue weighted by Gasteiger charge is 2.31. The van der Waals surface area contributed by atoms with Crippen LogP contribution >= 0.6 is 0 Å². The van der Waals surface area contributed by atoms with Gasteiger partial charge in [-0.2, -0.15) is 13.2 Å². The van der Waals surface area contributed by atoms with Crippen molar-refractivity contribution in [2.24, 2.45) is 0 Å². The number of halogens is 3. The number of aromatic nitrogens is 1. The lowest BCUT2D eigenvalue weighted by atomic mass is 10.1. The van der Waals surface area contributed by atoms with Crippen molar-refractivity contribution in [2.75, 3.05) is 32.8 Å². The number of anilines is 1. The van der Waals surface area contributed by atoms with Gasteiger partial charge in [-0.25, -0.2) is 4.98 Å². The molecule has 0 spiro atoms. The third kappa shape index (κ3) is 6.72. The van der Waals surface area contributed by atoms with Gasteiger partial charge in [0.15, 0.2) is 0 Å². The summed E-state index contributed by atoms with van der Waals surface area (Å²) in [5.74, 6) is 1.02. The molecule has 2 heterocycles. The molecule has 0 aliphatic carbocycles. The van der Waals surface area contributed by atoms with Crippen molar-refractivity contribution in [1.29, 1.82) is 0 Å². The molecule has 2 aromatic carbocycles. The van der Waals surface area contributed by atoms with E-state index in [-0.39, 0.29) is 23.1 Å². The van der Waals surface area contributed by atoms with Crippen molar-refractivity contribution >= 4 is 22.3 Å². The molecule has 1 N–H and O–H groups in total. The Morgan fingerprint density at radius 1 is 1.09 bits per heavy atom. The quantitative estimate of drug-likeness (QED) is 0.333. The fourth-order valence-corrected chi connectivity index (χ4v) is 3.55. The summed E-state index contributed by atoms with van der Waals surface area (Å²) < 4.78 is 54.9. The SMILES string of the molecule is C1CCOCC1.COc1ccc(CNc2c([N+](=O)[O-])cnc3ccc(C(F)(F)F)cc23)c(OC)c1. The molecule has 1 aliphatic heterocycles. The van der Waals surface area contributed by atoms with E-state index in [2.05, 4.69) is 10.3 Å². The van der Waals surface area contributed by atoms with Crippen LogP contribution in [0.3, 0.4) is 0 Å². The van der Waals surface area contributed by atoms with E-state index in [0.717, 1.165) is 31.5 Å². The van der Waals surface area contributed by atoms with Gasteiger partial charge in [-0.05, 0) is 49.6 Å². The van der Waals surface area contributed by atoms with Crippen LogP contribution in [0.2, 0.25) is 0 Å². The molecule has 0 amide bonds. The molecule has 4 rings (SSSR count). The van der Waals surface area contributed by atoms with Crippen LogP contribution in [0.5, 0.6) is 11.5 Å². The fourth-order valence-electron chi connectivity index (χ4n) is 3.55. The Morgan fingerprint density at radius 3 is 2.37 bits per heavy atom. The number of alkyl halides is 3. The summed E-state index contributed by atoms with van der Waals surface area (Å²) in [4.78, 5) is 14.6. The molecule has 11 heteroatoms. The second-order valence-corrected chi connectivity index (χ2v) is 7.71. The van der Waals surface area contributed by atoms with Crippen molar-refractivity contribution < 1.29 is 32.3 Å². The van der Waals surface area contributed by atoms with E-state index in [1.165, 1.54) is 39.5 Å². The molecule has 8 nitrogen and oxygen atoms in total. The molecular formula is C24H26F3N3O5. The third-order valence-electron chi connectivity index (χ3n) is 5.40. The van der Waals surface area contributed by atoms with Crippen LogP contribution in [0.4, 0.5) is 24.5 Å². The summed E-state index contributed by atoms with van der Waals surface area (Å²) >= 11 is 0. The molecule has 0 radical (unpaired) electrons. The predicted octanol–water partition coefficient (Wildman–Crippen LogP) is 5.98. The molecule has 1 aromatic heterocycles. The minimum atomic E-state index is -4.59. The molecular weight excluding hydrogens is 467 g/mol. The van der Waals surface area contributed by atoms with Gasteiger partial charge in [-0.15, -0.1) is 0 Å². The molecule has 0 saturated carbocycles. The number of fused-ring (bicyclic) bond motifs is 1. The van der Waals surface area contributed by atoms with Crippen LogP contribution in [0, 0.1) is 10.1 Å². The molecule has 35 heavy (non-hydrogen) atoms. The van der Waals surface area contributed by atoms with Gasteiger partial charge in [0.25, 0.3) is 0 Å². The van der Waals surface area contributed by atoms with E-state index in [4.69, 9.17) is 14.2 Å². The van der Waals surface area contributed by atoms with Gasteiger partial charge >= 0.3 is 11.9 Å². The van der Waals surface area contributed by atoms with Gasteiger partial charge in [-0.3, -0.25) is 10.1 Å². The average Bonchev–Trinajstić information content (AvgIpc) is 2.87. The molecule has 1 saturated heterocycles. The number of methoxy groups -OCH3 is 2. The first-order valence-corrected chi connectivity index (χ1v) is 10.9. The third-order valence-corrected chi connectivity index (χ3v) is 5.40. The summed E-state index contributed by atoms with van der Waals surface area (Å²) in [5.41, 5.74) is -0.557. The number of nitro groups is 1. The Kier molecular flexibility index (Phi) is 8.69. The Morgan fingerprint density at radius 2 is 1.83 bits per heavy atom. The van der Waals surface area contributed by atoms with Crippen LogP contribution in [0.15, 0.2) is 42.6 Å². The van der Waals surface area contributed by atoms with Crippen molar-refractivity contribution in [1.82, 2.24) is 4.98 Å². The zero-order chi connectivity index (χ0) is 25.4. The molecule has 1 aliphatic rings. The summed E-state index contributed by atoms with van der Waals surface area (Å²) in [7, 11) is 2.95. The minimum absolute atomic E-state index is 0.00139. The standard InChI is InChI=1S/C19H16F3N3O4.C5H10O/c1-28-13-5-3-11(17(8-13)29-2)9-24-18-14-7-12(19(20,21)22)4-6-15(14)23-10-16(18)25(26)27;1-2-4-6-5-3-1/h3-8,10H,9H2,1-2H3,(H,23,24);1-5H2. The summed E-state index contributed by atoms with van der Waals surface area (Å²) in [5, 5.41) is 14.3. The second kappa shape index (κ2) is 11.7. The zero-order valence-corrected chi connectivity index (χ0v) is 19.4. The second-order valence-electron chi connectivity index (χ2n) is 7.71. The van der Waals surface area contributed by atoms with Gasteiger partial charge in [0.1, 0.15) is 23.4 Å². The maximum Gasteiger partial charge on any atom is 0.416 e. The van der Waals surface area contributed by atoms with Crippen molar-refractivity contribution in [3.8, 4) is 11.5 Å². The number of ether oxygens (including phenoxy) is 3. The van der Waals surface area contributed by atoms with Gasteiger partial charge in [-0.1, -0.05) is 0 Å². The lowest BCUT2D eigenvalue weighted by Crippen LogP contribution is -2.08. The highest BCUT2D eigenvalue weighted by molar-refractivity contribution is 5.96. The number of nitrogens with zero attached hydrogens (tertiary/aromatic N) is 2. The first-order valence-electron chi connectivity index (χ1n) is 10.9. The van der Waals surface area contributed by atoms with Crippen molar-refractivity contribution in [3.63, 3.8) is 0 Å². The van der Waals surface area contributed by atoms with Crippen LogP contribution in [0.1, 0.15) is 30.4 Å². The average molecular weight is 493 g/mol. The van der Waals surface area contributed by atoms with Crippen molar-refractivity contribution in [2.45, 2.75) is 32.0 Å². The van der Waals surface area contributed by atoms with E-state index in [1.54, 1.807) is 18.2 Å². The number of hydrogen-bond acceptors (Lipinski definition) is 7. The van der Waals surface area contributed by atoms with E-state index in [0.29, 0.717) is 17.1 Å². The Hall–Kier alpha value is -3.60. The highest BCUT2D eigenvalue weighted by atomic mass is 19.4. The minimum Gasteiger partial charge on any atom is -0.497 e. The molecule has 0 atom stereocenters. The predicted molar refractivity (Wildman–Crippen MR) is 125 cm³/mol. The van der Waals surface area contributed by atoms with Crippen molar-refractivity contribution in [3.05, 3.63) is 63.8 Å². The maximum absolute atomic E-state index is 13.1. The van der Waals surface area contributed by atoms with Gasteiger partial charge < -0.3 is 19.5 Å². The lowest BCUT2D eigenvalue weighted by molar-refractivity contribution is -0.384. The molecule has 188 valence electrons. The van der Waals surface area contributed by atoms with Crippen LogP contribution in [0.25, 0.3) is 10.9 Å². The van der Waals surface area contributed by atoms with E-state index >= 15 is 0 Å². The number of pyridine rings is 1. The van der Waals surface area contributed by atoms with E-state index in [1.807, 2.05) is 0 Å². The number of rotatable bonds is 6. The monoisotopic (exact) mass is 493 g/mol. The summed E-state index contributed by atoms with van der Waals surface area (Å²) in [6.45, 7) is 2.07. The largest absolute Gasteiger partial charge is 0.497 e. The lowest BCUT2D eigenvalue weighted by Gasteiger charge is -2.14. The van der Waals surface area contributed by atoms with E-state index < -0.39 is 22.4 Å².